The van der Waals surface area contributed by atoms with Gasteiger partial charge in [-0.15, -0.1) is 5.11 Å². The molecule has 1 heterocycles. The van der Waals surface area contributed by atoms with E-state index < -0.39 is 60.6 Å². The van der Waals surface area contributed by atoms with Crippen molar-refractivity contribution >= 4 is 64.6 Å². The Morgan fingerprint density at radius 1 is 0.817 bits per heavy atom. The lowest BCUT2D eigenvalue weighted by Crippen LogP contribution is -2.48. The van der Waals surface area contributed by atoms with Crippen LogP contribution in [-0.2, 0) is 24.0 Å². The van der Waals surface area contributed by atoms with E-state index in [0.29, 0.717) is 48.6 Å². The number of azo groups is 1. The molecule has 1 aromatic heterocycles. The molecule has 0 saturated heterocycles. The molecule has 0 saturated carbocycles. The quantitative estimate of drug-likeness (QED) is 0.0269. The summed E-state index contributed by atoms with van der Waals surface area (Å²) < 4.78 is 5.67. The van der Waals surface area contributed by atoms with Crippen LogP contribution in [0.4, 0.5) is 17.2 Å². The van der Waals surface area contributed by atoms with Crippen molar-refractivity contribution in [3.63, 3.8) is 0 Å². The number of aliphatic carboxylic acids is 1. The maximum atomic E-state index is 12.9. The summed E-state index contributed by atoms with van der Waals surface area (Å²) in [6.07, 6.45) is 2.37. The molecule has 6 amide bonds. The molecular formula is C39H50N12O9. The van der Waals surface area contributed by atoms with E-state index in [1.54, 1.807) is 18.2 Å². The summed E-state index contributed by atoms with van der Waals surface area (Å²) in [5.41, 5.74) is 17.3. The molecule has 0 bridgehead atoms. The molecule has 0 radical (unpaired) electrons. The third kappa shape index (κ3) is 17.8. The Labute approximate surface area is 345 Å². The maximum absolute atomic E-state index is 12.9. The molecule has 0 aliphatic heterocycles. The molecule has 3 aromatic rings. The SMILES string of the molecule is CC(C)N=Nc1ccc(C(=O)NCCCCC(NC(=O)CCCOc2ccc(NC(=O)[C@H](CC(=O)O)NC(=O)CNC(=O)c3cccc(N=C(N)N)c3)cc2)C(N)=O)cn1. The highest BCUT2D eigenvalue weighted by Gasteiger charge is 2.24. The second-order valence-corrected chi connectivity index (χ2v) is 13.4. The number of aliphatic imine (C=N–C) groups is 1. The first kappa shape index (κ1) is 46.9. The summed E-state index contributed by atoms with van der Waals surface area (Å²) in [7, 11) is 0. The molecule has 0 fully saturated rings. The number of primary amides is 1. The van der Waals surface area contributed by atoms with Crippen LogP contribution in [0.2, 0.25) is 0 Å². The van der Waals surface area contributed by atoms with Crippen molar-refractivity contribution in [2.24, 2.45) is 32.4 Å². The molecule has 320 valence electrons. The number of anilines is 1. The minimum absolute atomic E-state index is 0.0263. The zero-order chi connectivity index (χ0) is 44.0. The van der Waals surface area contributed by atoms with E-state index in [-0.39, 0.29) is 48.6 Å². The lowest BCUT2D eigenvalue weighted by atomic mass is 10.1. The summed E-state index contributed by atoms with van der Waals surface area (Å²) in [6.45, 7) is 3.70. The molecule has 21 nitrogen and oxygen atoms in total. The smallest absolute Gasteiger partial charge is 0.305 e. The van der Waals surface area contributed by atoms with Crippen LogP contribution >= 0.6 is 0 Å². The second kappa shape index (κ2) is 24.4. The van der Waals surface area contributed by atoms with Gasteiger partial charge < -0.3 is 53.6 Å². The number of pyridine rings is 1. The standard InChI is InChI=1S/C39H50N12O9/c1-23(2)50-51-31-16-11-25(21-44-31)37(58)43-17-4-3-9-29(35(40)56)48-32(52)10-6-18-60-28-14-12-26(13-15-28)46-38(59)30(20-34(54)55)49-33(53)22-45-36(57)24-7-5-8-27(19-24)47-39(41)42/h5,7-8,11-16,19,21,23,29-30H,3-4,6,9-10,17-18,20,22H2,1-2H3,(H2,40,56)(H,43,58)(H,45,57)(H,46,59)(H,48,52)(H,49,53)(H,54,55)(H4,41,42,47)/t29?,30-/m0/s1. The van der Waals surface area contributed by atoms with Crippen molar-refractivity contribution in [1.82, 2.24) is 26.3 Å². The van der Waals surface area contributed by atoms with Crippen LogP contribution in [0.15, 0.2) is 82.1 Å². The number of carbonyl (C=O) groups excluding carboxylic acids is 6. The fraction of sp³-hybridized carbons (Fsp3) is 0.359. The number of hydrogen-bond donors (Lipinski definition) is 9. The summed E-state index contributed by atoms with van der Waals surface area (Å²) in [5.74, 6) is -4.39. The van der Waals surface area contributed by atoms with Gasteiger partial charge in [0.2, 0.25) is 23.6 Å². The average molecular weight is 831 g/mol. The molecule has 0 aliphatic carbocycles. The van der Waals surface area contributed by atoms with E-state index in [1.165, 1.54) is 48.7 Å². The summed E-state index contributed by atoms with van der Waals surface area (Å²) in [5, 5.41) is 30.0. The number of nitrogens with two attached hydrogens (primary N) is 3. The van der Waals surface area contributed by atoms with E-state index in [2.05, 4.69) is 46.8 Å². The number of carboxylic acids is 1. The van der Waals surface area contributed by atoms with E-state index in [0.717, 1.165) is 0 Å². The Morgan fingerprint density at radius 3 is 2.18 bits per heavy atom. The summed E-state index contributed by atoms with van der Waals surface area (Å²) in [6, 6.07) is 12.9. The number of unbranched alkanes of at least 4 members (excludes halogenated alkanes) is 1. The fourth-order valence-electron chi connectivity index (χ4n) is 5.13. The van der Waals surface area contributed by atoms with Crippen molar-refractivity contribution in [2.45, 2.75) is 70.5 Å². The van der Waals surface area contributed by atoms with Gasteiger partial charge in [0, 0.05) is 30.4 Å². The number of aromatic nitrogens is 1. The number of hydrogen-bond acceptors (Lipinski definition) is 12. The van der Waals surface area contributed by atoms with Gasteiger partial charge in [0.25, 0.3) is 11.8 Å². The number of carboxylic acid groups (broad SMARTS) is 1. The highest BCUT2D eigenvalue weighted by Crippen LogP contribution is 2.17. The number of amides is 6. The van der Waals surface area contributed by atoms with Crippen LogP contribution < -0.4 is 48.5 Å². The molecule has 2 atom stereocenters. The molecular weight excluding hydrogens is 781 g/mol. The van der Waals surface area contributed by atoms with E-state index >= 15 is 0 Å². The maximum Gasteiger partial charge on any atom is 0.305 e. The van der Waals surface area contributed by atoms with Gasteiger partial charge in [-0.3, -0.25) is 33.6 Å². The average Bonchev–Trinajstić information content (AvgIpc) is 3.20. The molecule has 12 N–H and O–H groups in total. The lowest BCUT2D eigenvalue weighted by Gasteiger charge is -2.17. The zero-order valence-corrected chi connectivity index (χ0v) is 33.2. The van der Waals surface area contributed by atoms with Crippen molar-refractivity contribution in [1.29, 1.82) is 0 Å². The van der Waals surface area contributed by atoms with Gasteiger partial charge in [0.1, 0.15) is 17.8 Å². The molecule has 2 aromatic carbocycles. The van der Waals surface area contributed by atoms with Gasteiger partial charge in [-0.2, -0.15) is 5.11 Å². The fourth-order valence-corrected chi connectivity index (χ4v) is 5.13. The number of ether oxygens (including phenoxy) is 1. The number of nitrogens with zero attached hydrogens (tertiary/aromatic N) is 4. The lowest BCUT2D eigenvalue weighted by molar-refractivity contribution is -0.139. The van der Waals surface area contributed by atoms with E-state index in [1.807, 2.05) is 13.8 Å². The van der Waals surface area contributed by atoms with Gasteiger partial charge in [0.05, 0.1) is 36.9 Å². The Morgan fingerprint density at radius 2 is 1.53 bits per heavy atom. The van der Waals surface area contributed by atoms with Gasteiger partial charge in [-0.25, -0.2) is 9.98 Å². The van der Waals surface area contributed by atoms with E-state index in [4.69, 9.17) is 21.9 Å². The highest BCUT2D eigenvalue weighted by molar-refractivity contribution is 6.01. The van der Waals surface area contributed by atoms with Gasteiger partial charge >= 0.3 is 5.97 Å². The van der Waals surface area contributed by atoms with Crippen LogP contribution in [-0.4, -0.2) is 95.3 Å². The van der Waals surface area contributed by atoms with Crippen LogP contribution in [0.3, 0.4) is 0 Å². The number of rotatable bonds is 24. The summed E-state index contributed by atoms with van der Waals surface area (Å²) >= 11 is 0. The topological polar surface area (TPSA) is 337 Å². The van der Waals surface area contributed by atoms with Gasteiger partial charge in [-0.05, 0) is 94.1 Å². The van der Waals surface area contributed by atoms with Gasteiger partial charge in [0.15, 0.2) is 11.8 Å². The van der Waals surface area contributed by atoms with Crippen LogP contribution in [0, 0.1) is 0 Å². The molecule has 3 rings (SSSR count). The second-order valence-electron chi connectivity index (χ2n) is 13.4. The van der Waals surface area contributed by atoms with Crippen molar-refractivity contribution in [2.75, 3.05) is 25.0 Å². The van der Waals surface area contributed by atoms with Crippen molar-refractivity contribution < 1.29 is 43.4 Å². The number of carbonyl (C=O) groups is 7. The van der Waals surface area contributed by atoms with Crippen LogP contribution in [0.1, 0.15) is 73.1 Å². The first-order valence-electron chi connectivity index (χ1n) is 18.9. The minimum Gasteiger partial charge on any atom is -0.494 e. The summed E-state index contributed by atoms with van der Waals surface area (Å²) in [4.78, 5) is 94.3. The van der Waals surface area contributed by atoms with Crippen LogP contribution in [0.25, 0.3) is 0 Å². The predicted octanol–water partition coefficient (Wildman–Crippen LogP) is 1.54. The largest absolute Gasteiger partial charge is 0.494 e. The first-order chi connectivity index (χ1) is 28.6. The monoisotopic (exact) mass is 830 g/mol. The predicted molar refractivity (Wildman–Crippen MR) is 219 cm³/mol. The zero-order valence-electron chi connectivity index (χ0n) is 33.2. The van der Waals surface area contributed by atoms with Crippen LogP contribution in [0.5, 0.6) is 5.75 Å². The van der Waals surface area contributed by atoms with Gasteiger partial charge in [-0.1, -0.05) is 6.07 Å². The normalized spacial score (nSPS) is 11.8. The molecule has 0 spiro atoms. The Balaban J connectivity index is 1.36. The Hall–Kier alpha value is -7.45. The van der Waals surface area contributed by atoms with Crippen molar-refractivity contribution in [3.8, 4) is 5.75 Å². The number of nitrogens with one attached hydrogen (secondary N) is 5. The third-order valence-electron chi connectivity index (χ3n) is 8.03. The Bertz CT molecular complexity index is 2020. The highest BCUT2D eigenvalue weighted by atomic mass is 16.5. The molecule has 1 unspecified atom stereocenters. The molecule has 0 aliphatic rings. The third-order valence-corrected chi connectivity index (χ3v) is 8.03. The molecule has 21 heteroatoms. The number of guanidine groups is 1. The first-order valence-corrected chi connectivity index (χ1v) is 18.9. The Kier molecular flexibility index (Phi) is 19.0. The number of benzene rings is 2. The minimum atomic E-state index is -1.47. The van der Waals surface area contributed by atoms with Crippen molar-refractivity contribution in [3.05, 3.63) is 78.0 Å². The van der Waals surface area contributed by atoms with E-state index in [9.17, 15) is 38.7 Å². The molecule has 60 heavy (non-hydrogen) atoms.